The van der Waals surface area contributed by atoms with Crippen LogP contribution in [0.3, 0.4) is 0 Å². The van der Waals surface area contributed by atoms with E-state index in [9.17, 15) is 0 Å². The minimum absolute atomic E-state index is 0.863. The van der Waals surface area contributed by atoms with Crippen LogP contribution >= 0.6 is 0 Å². The molecule has 1 fully saturated rings. The highest BCUT2D eigenvalue weighted by atomic mass is 15.1. The molecule has 2 heteroatoms. The fourth-order valence-electron chi connectivity index (χ4n) is 2.88. The van der Waals surface area contributed by atoms with E-state index in [0.29, 0.717) is 0 Å². The first-order chi connectivity index (χ1) is 8.65. The first-order valence-electron chi connectivity index (χ1n) is 7.16. The molecule has 0 bridgehead atoms. The van der Waals surface area contributed by atoms with Crippen molar-refractivity contribution in [2.24, 2.45) is 11.8 Å². The van der Waals surface area contributed by atoms with Crippen LogP contribution in [-0.2, 0) is 0 Å². The maximum Gasteiger partial charge on any atom is 0.0362 e. The maximum absolute atomic E-state index is 3.58. The molecule has 18 heavy (non-hydrogen) atoms. The third-order valence-corrected chi connectivity index (χ3v) is 4.02. The van der Waals surface area contributed by atoms with E-state index in [2.05, 4.69) is 55.5 Å². The van der Waals surface area contributed by atoms with E-state index < -0.39 is 0 Å². The van der Waals surface area contributed by atoms with Crippen molar-refractivity contribution < 1.29 is 0 Å². The molecular weight excluding hydrogens is 220 g/mol. The second-order valence-electron chi connectivity index (χ2n) is 5.96. The fourth-order valence-corrected chi connectivity index (χ4v) is 2.88. The predicted octanol–water partition coefficient (Wildman–Crippen LogP) is 3.99. The molecule has 2 rings (SSSR count). The third-order valence-electron chi connectivity index (χ3n) is 4.02. The molecule has 1 aromatic rings. The van der Waals surface area contributed by atoms with E-state index in [1.165, 1.54) is 37.1 Å². The standard InChI is InChI=1S/C16H26N2/c1-13-5-4-6-14(11-13)12-17-15-7-9-16(10-8-15)18(2)3/h7-10,13-14,17H,4-6,11-12H2,1-3H3. The van der Waals surface area contributed by atoms with Crippen molar-refractivity contribution in [1.82, 2.24) is 0 Å². The molecule has 1 aliphatic carbocycles. The van der Waals surface area contributed by atoms with Crippen LogP contribution in [-0.4, -0.2) is 20.6 Å². The lowest BCUT2D eigenvalue weighted by Gasteiger charge is -2.27. The van der Waals surface area contributed by atoms with Crippen LogP contribution in [0.25, 0.3) is 0 Å². The Labute approximate surface area is 111 Å². The quantitative estimate of drug-likeness (QED) is 0.864. The van der Waals surface area contributed by atoms with Crippen LogP contribution in [0.4, 0.5) is 11.4 Å². The number of hydrogen-bond acceptors (Lipinski definition) is 2. The summed E-state index contributed by atoms with van der Waals surface area (Å²) in [7, 11) is 4.15. The van der Waals surface area contributed by atoms with Gasteiger partial charge in [0.1, 0.15) is 0 Å². The Bertz CT molecular complexity index is 356. The number of nitrogens with zero attached hydrogens (tertiary/aromatic N) is 1. The highest BCUT2D eigenvalue weighted by Crippen LogP contribution is 2.28. The smallest absolute Gasteiger partial charge is 0.0362 e. The summed E-state index contributed by atoms with van der Waals surface area (Å²) in [6.07, 6.45) is 5.62. The fraction of sp³-hybridized carbons (Fsp3) is 0.625. The molecular formula is C16H26N2. The average molecular weight is 246 g/mol. The Hall–Kier alpha value is -1.18. The van der Waals surface area contributed by atoms with Gasteiger partial charge in [-0.05, 0) is 48.9 Å². The van der Waals surface area contributed by atoms with Crippen molar-refractivity contribution in [3.63, 3.8) is 0 Å². The van der Waals surface area contributed by atoms with Crippen LogP contribution in [0.2, 0.25) is 0 Å². The van der Waals surface area contributed by atoms with Gasteiger partial charge >= 0.3 is 0 Å². The van der Waals surface area contributed by atoms with E-state index in [1.54, 1.807) is 0 Å². The van der Waals surface area contributed by atoms with Gasteiger partial charge in [-0.25, -0.2) is 0 Å². The summed E-state index contributed by atoms with van der Waals surface area (Å²) < 4.78 is 0. The van der Waals surface area contributed by atoms with Crippen molar-refractivity contribution in [2.75, 3.05) is 30.9 Å². The monoisotopic (exact) mass is 246 g/mol. The predicted molar refractivity (Wildman–Crippen MR) is 80.4 cm³/mol. The first-order valence-corrected chi connectivity index (χ1v) is 7.16. The van der Waals surface area contributed by atoms with Gasteiger partial charge in [-0.1, -0.05) is 19.8 Å². The van der Waals surface area contributed by atoms with E-state index in [4.69, 9.17) is 0 Å². The van der Waals surface area contributed by atoms with Crippen LogP contribution in [0, 0.1) is 11.8 Å². The zero-order valence-electron chi connectivity index (χ0n) is 11.9. The molecule has 0 heterocycles. The number of hydrogen-bond donors (Lipinski definition) is 1. The second kappa shape index (κ2) is 6.12. The van der Waals surface area contributed by atoms with Crippen molar-refractivity contribution in [2.45, 2.75) is 32.6 Å². The normalized spacial score (nSPS) is 23.7. The van der Waals surface area contributed by atoms with Gasteiger partial charge in [-0.15, -0.1) is 0 Å². The lowest BCUT2D eigenvalue weighted by molar-refractivity contribution is 0.293. The Morgan fingerprint density at radius 1 is 1.17 bits per heavy atom. The maximum atomic E-state index is 3.58. The van der Waals surface area contributed by atoms with Gasteiger partial charge in [0, 0.05) is 32.0 Å². The Kier molecular flexibility index (Phi) is 4.51. The van der Waals surface area contributed by atoms with E-state index in [1.807, 2.05) is 0 Å². The highest BCUT2D eigenvalue weighted by molar-refractivity contribution is 5.54. The zero-order chi connectivity index (χ0) is 13.0. The molecule has 0 aromatic heterocycles. The Morgan fingerprint density at radius 3 is 2.50 bits per heavy atom. The molecule has 0 spiro atoms. The van der Waals surface area contributed by atoms with E-state index in [0.717, 1.165) is 18.4 Å². The highest BCUT2D eigenvalue weighted by Gasteiger charge is 2.18. The first kappa shape index (κ1) is 13.3. The van der Waals surface area contributed by atoms with Gasteiger partial charge in [0.05, 0.1) is 0 Å². The van der Waals surface area contributed by atoms with Crippen molar-refractivity contribution in [1.29, 1.82) is 0 Å². The van der Waals surface area contributed by atoms with Crippen molar-refractivity contribution in [3.8, 4) is 0 Å². The van der Waals surface area contributed by atoms with Crippen LogP contribution < -0.4 is 10.2 Å². The van der Waals surface area contributed by atoms with Crippen molar-refractivity contribution >= 4 is 11.4 Å². The average Bonchev–Trinajstić information content (AvgIpc) is 2.37. The summed E-state index contributed by atoms with van der Waals surface area (Å²) >= 11 is 0. The Morgan fingerprint density at radius 2 is 1.89 bits per heavy atom. The van der Waals surface area contributed by atoms with Gasteiger partial charge in [0.2, 0.25) is 0 Å². The van der Waals surface area contributed by atoms with Gasteiger partial charge in [-0.3, -0.25) is 0 Å². The lowest BCUT2D eigenvalue weighted by Crippen LogP contribution is -2.21. The molecule has 2 nitrogen and oxygen atoms in total. The number of rotatable bonds is 4. The molecule has 100 valence electrons. The summed E-state index contributed by atoms with van der Waals surface area (Å²) in [6, 6.07) is 8.71. The Balaban J connectivity index is 1.82. The van der Waals surface area contributed by atoms with Crippen LogP contribution in [0.1, 0.15) is 32.6 Å². The zero-order valence-corrected chi connectivity index (χ0v) is 11.9. The molecule has 2 atom stereocenters. The third kappa shape index (κ3) is 3.66. The van der Waals surface area contributed by atoms with Gasteiger partial charge in [0.15, 0.2) is 0 Å². The topological polar surface area (TPSA) is 15.3 Å². The summed E-state index contributed by atoms with van der Waals surface area (Å²) in [6.45, 7) is 3.52. The molecule has 0 amide bonds. The number of nitrogens with one attached hydrogen (secondary N) is 1. The summed E-state index contributed by atoms with van der Waals surface area (Å²) in [5, 5.41) is 3.58. The molecule has 0 radical (unpaired) electrons. The summed E-state index contributed by atoms with van der Waals surface area (Å²) in [5.41, 5.74) is 2.51. The molecule has 1 N–H and O–H groups in total. The second-order valence-corrected chi connectivity index (χ2v) is 5.96. The van der Waals surface area contributed by atoms with Gasteiger partial charge in [-0.2, -0.15) is 0 Å². The van der Waals surface area contributed by atoms with E-state index in [-0.39, 0.29) is 0 Å². The minimum Gasteiger partial charge on any atom is -0.385 e. The minimum atomic E-state index is 0.863. The summed E-state index contributed by atoms with van der Waals surface area (Å²) in [5.74, 6) is 1.78. The van der Waals surface area contributed by atoms with Gasteiger partial charge < -0.3 is 10.2 Å². The van der Waals surface area contributed by atoms with Gasteiger partial charge in [0.25, 0.3) is 0 Å². The largest absolute Gasteiger partial charge is 0.385 e. The molecule has 1 aromatic carbocycles. The number of benzene rings is 1. The van der Waals surface area contributed by atoms with E-state index >= 15 is 0 Å². The molecule has 0 saturated heterocycles. The SMILES string of the molecule is CC1CCCC(CNc2ccc(N(C)C)cc2)C1. The molecule has 1 saturated carbocycles. The van der Waals surface area contributed by atoms with Crippen LogP contribution in [0.5, 0.6) is 0 Å². The molecule has 2 unspecified atom stereocenters. The van der Waals surface area contributed by atoms with Crippen molar-refractivity contribution in [3.05, 3.63) is 24.3 Å². The molecule has 0 aliphatic heterocycles. The van der Waals surface area contributed by atoms with Crippen LogP contribution in [0.15, 0.2) is 24.3 Å². The molecule has 1 aliphatic rings. The summed E-state index contributed by atoms with van der Waals surface area (Å²) in [4.78, 5) is 2.13. The lowest BCUT2D eigenvalue weighted by atomic mass is 9.82. The number of anilines is 2.